The van der Waals surface area contributed by atoms with Gasteiger partial charge in [-0.25, -0.2) is 9.97 Å². The van der Waals surface area contributed by atoms with Crippen LogP contribution in [-0.2, 0) is 6.54 Å². The van der Waals surface area contributed by atoms with Gasteiger partial charge in [0.25, 0.3) is 0 Å². The Balaban J connectivity index is 1.78. The summed E-state index contributed by atoms with van der Waals surface area (Å²) in [4.78, 5) is 13.0. The summed E-state index contributed by atoms with van der Waals surface area (Å²) in [5, 5.41) is 6.41. The van der Waals surface area contributed by atoms with Gasteiger partial charge < -0.3 is 5.32 Å². The third-order valence-electron chi connectivity index (χ3n) is 4.41. The van der Waals surface area contributed by atoms with Gasteiger partial charge in [0.1, 0.15) is 16.5 Å². The number of nitrogens with zero attached hydrogens (tertiary/aromatic N) is 3. The van der Waals surface area contributed by atoms with E-state index in [1.165, 1.54) is 19.3 Å². The minimum absolute atomic E-state index is 0.476. The van der Waals surface area contributed by atoms with Gasteiger partial charge in [-0.3, -0.25) is 4.90 Å². The van der Waals surface area contributed by atoms with Crippen LogP contribution in [0.3, 0.4) is 0 Å². The van der Waals surface area contributed by atoms with Crippen LogP contribution in [0.5, 0.6) is 0 Å². The molecule has 0 aliphatic carbocycles. The first-order chi connectivity index (χ1) is 10.1. The molecule has 1 aliphatic rings. The summed E-state index contributed by atoms with van der Waals surface area (Å²) in [6, 6.07) is 2.09. The van der Waals surface area contributed by atoms with Crippen molar-refractivity contribution < 1.29 is 0 Å². The van der Waals surface area contributed by atoms with Crippen molar-refractivity contribution in [2.24, 2.45) is 5.41 Å². The Morgan fingerprint density at radius 1 is 1.29 bits per heavy atom. The zero-order chi connectivity index (χ0) is 14.9. The molecule has 4 nitrogen and oxygen atoms in total. The molecule has 2 aromatic heterocycles. The lowest BCUT2D eigenvalue weighted by Crippen LogP contribution is -2.26. The van der Waals surface area contributed by atoms with E-state index in [4.69, 9.17) is 9.97 Å². The van der Waals surface area contributed by atoms with E-state index in [9.17, 15) is 0 Å². The van der Waals surface area contributed by atoms with Gasteiger partial charge in [0.2, 0.25) is 0 Å². The molecule has 1 N–H and O–H groups in total. The molecule has 0 atom stereocenters. The lowest BCUT2D eigenvalue weighted by atomic mass is 9.85. The summed E-state index contributed by atoms with van der Waals surface area (Å²) in [5.74, 6) is 1.89. The number of fused-ring (bicyclic) bond motifs is 1. The SMILES string of the molecule is CNc1nc(CN2CCCC(C)(C)CC2)nc2sccc12. The summed E-state index contributed by atoms with van der Waals surface area (Å²) in [5.41, 5.74) is 0.476. The third kappa shape index (κ3) is 3.35. The lowest BCUT2D eigenvalue weighted by molar-refractivity contribution is 0.251. The Hall–Kier alpha value is -1.20. The highest BCUT2D eigenvalue weighted by Gasteiger charge is 2.23. The number of thiophene rings is 1. The summed E-state index contributed by atoms with van der Waals surface area (Å²) in [6.45, 7) is 7.92. The average molecular weight is 304 g/mol. The molecule has 1 saturated heterocycles. The van der Waals surface area contributed by atoms with Crippen LogP contribution >= 0.6 is 11.3 Å². The number of hydrogen-bond donors (Lipinski definition) is 1. The van der Waals surface area contributed by atoms with Crippen molar-refractivity contribution in [1.82, 2.24) is 14.9 Å². The predicted molar refractivity (Wildman–Crippen MR) is 89.9 cm³/mol. The highest BCUT2D eigenvalue weighted by Crippen LogP contribution is 2.30. The van der Waals surface area contributed by atoms with E-state index in [0.717, 1.165) is 41.5 Å². The van der Waals surface area contributed by atoms with Crippen LogP contribution in [0.4, 0.5) is 5.82 Å². The Morgan fingerprint density at radius 2 is 2.14 bits per heavy atom. The molecule has 21 heavy (non-hydrogen) atoms. The minimum atomic E-state index is 0.476. The molecule has 3 rings (SSSR count). The van der Waals surface area contributed by atoms with Gasteiger partial charge >= 0.3 is 0 Å². The molecule has 1 aliphatic heterocycles. The van der Waals surface area contributed by atoms with Crippen LogP contribution in [0, 0.1) is 5.41 Å². The van der Waals surface area contributed by atoms with E-state index < -0.39 is 0 Å². The highest BCUT2D eigenvalue weighted by molar-refractivity contribution is 7.16. The van der Waals surface area contributed by atoms with E-state index >= 15 is 0 Å². The molecule has 0 saturated carbocycles. The van der Waals surface area contributed by atoms with Crippen LogP contribution in [0.15, 0.2) is 11.4 Å². The molecule has 1 fully saturated rings. The first-order valence-corrected chi connectivity index (χ1v) is 8.60. The van der Waals surface area contributed by atoms with Gasteiger partial charge in [0.05, 0.1) is 11.9 Å². The van der Waals surface area contributed by atoms with Crippen molar-refractivity contribution >= 4 is 27.4 Å². The van der Waals surface area contributed by atoms with Gasteiger partial charge in [-0.15, -0.1) is 11.3 Å². The van der Waals surface area contributed by atoms with E-state index in [1.54, 1.807) is 11.3 Å². The fourth-order valence-corrected chi connectivity index (χ4v) is 3.78. The summed E-state index contributed by atoms with van der Waals surface area (Å²) in [7, 11) is 1.93. The molecule has 2 aromatic rings. The van der Waals surface area contributed by atoms with E-state index in [1.807, 2.05) is 7.05 Å². The number of likely N-dealkylation sites (tertiary alicyclic amines) is 1. The Morgan fingerprint density at radius 3 is 2.95 bits per heavy atom. The van der Waals surface area contributed by atoms with Gasteiger partial charge in [0.15, 0.2) is 0 Å². The van der Waals surface area contributed by atoms with Crippen molar-refractivity contribution in [2.45, 2.75) is 39.7 Å². The fourth-order valence-electron chi connectivity index (χ4n) is 3.00. The zero-order valence-corrected chi connectivity index (χ0v) is 14.0. The van der Waals surface area contributed by atoms with Crippen LogP contribution in [-0.4, -0.2) is 35.0 Å². The smallest absolute Gasteiger partial charge is 0.146 e. The average Bonchev–Trinajstić information content (AvgIpc) is 2.85. The Kier molecular flexibility index (Phi) is 4.13. The fraction of sp³-hybridized carbons (Fsp3) is 0.625. The van der Waals surface area contributed by atoms with Crippen LogP contribution in [0.1, 0.15) is 38.9 Å². The maximum atomic E-state index is 4.73. The normalized spacial score (nSPS) is 19.6. The van der Waals surface area contributed by atoms with E-state index in [-0.39, 0.29) is 0 Å². The standard InChI is InChI=1S/C16H24N4S/c1-16(2)6-4-8-20(9-7-16)11-13-18-14(17-3)12-5-10-21-15(12)19-13/h5,10H,4,6-9,11H2,1-3H3,(H,17,18,19). The molecule has 114 valence electrons. The summed E-state index contributed by atoms with van der Waals surface area (Å²) in [6.07, 6.45) is 3.84. The van der Waals surface area contributed by atoms with Crippen molar-refractivity contribution in [2.75, 3.05) is 25.5 Å². The minimum Gasteiger partial charge on any atom is -0.372 e. The second-order valence-corrected chi connectivity index (χ2v) is 7.57. The van der Waals surface area contributed by atoms with E-state index in [2.05, 4.69) is 35.5 Å². The molecule has 3 heterocycles. The van der Waals surface area contributed by atoms with Crippen molar-refractivity contribution in [3.05, 3.63) is 17.3 Å². The first-order valence-electron chi connectivity index (χ1n) is 7.72. The topological polar surface area (TPSA) is 41.1 Å². The third-order valence-corrected chi connectivity index (χ3v) is 5.21. The molecule has 0 amide bonds. The molecular formula is C16H24N4S. The maximum absolute atomic E-state index is 4.73. The van der Waals surface area contributed by atoms with Crippen molar-refractivity contribution in [1.29, 1.82) is 0 Å². The first kappa shape index (κ1) is 14.7. The van der Waals surface area contributed by atoms with Crippen LogP contribution in [0.2, 0.25) is 0 Å². The maximum Gasteiger partial charge on any atom is 0.146 e. The Labute approximate surface area is 130 Å². The number of hydrogen-bond acceptors (Lipinski definition) is 5. The number of nitrogens with one attached hydrogen (secondary N) is 1. The summed E-state index contributed by atoms with van der Waals surface area (Å²) < 4.78 is 0. The number of aromatic nitrogens is 2. The molecule has 0 aromatic carbocycles. The highest BCUT2D eigenvalue weighted by atomic mass is 32.1. The van der Waals surface area contributed by atoms with E-state index in [0.29, 0.717) is 5.41 Å². The van der Waals surface area contributed by atoms with Gasteiger partial charge in [0, 0.05) is 7.05 Å². The molecule has 0 radical (unpaired) electrons. The second kappa shape index (κ2) is 5.89. The van der Waals surface area contributed by atoms with Crippen LogP contribution in [0.25, 0.3) is 10.2 Å². The molecule has 0 unspecified atom stereocenters. The second-order valence-electron chi connectivity index (χ2n) is 6.67. The quantitative estimate of drug-likeness (QED) is 0.937. The van der Waals surface area contributed by atoms with Crippen molar-refractivity contribution in [3.8, 4) is 0 Å². The molecule has 0 bridgehead atoms. The van der Waals surface area contributed by atoms with Gasteiger partial charge in [-0.1, -0.05) is 13.8 Å². The Bertz CT molecular complexity index is 620. The predicted octanol–water partition coefficient (Wildman–Crippen LogP) is 3.75. The van der Waals surface area contributed by atoms with Crippen LogP contribution < -0.4 is 5.32 Å². The molecule has 0 spiro atoms. The largest absolute Gasteiger partial charge is 0.372 e. The van der Waals surface area contributed by atoms with Gasteiger partial charge in [-0.2, -0.15) is 0 Å². The summed E-state index contributed by atoms with van der Waals surface area (Å²) >= 11 is 1.69. The van der Waals surface area contributed by atoms with Gasteiger partial charge in [-0.05, 0) is 49.2 Å². The molecular weight excluding hydrogens is 280 g/mol. The molecule has 5 heteroatoms. The zero-order valence-electron chi connectivity index (χ0n) is 13.1. The monoisotopic (exact) mass is 304 g/mol. The van der Waals surface area contributed by atoms with Crippen molar-refractivity contribution in [3.63, 3.8) is 0 Å². The number of anilines is 1. The lowest BCUT2D eigenvalue weighted by Gasteiger charge is -2.23. The number of rotatable bonds is 3.